The van der Waals surface area contributed by atoms with Gasteiger partial charge in [-0.2, -0.15) is 0 Å². The van der Waals surface area contributed by atoms with Crippen molar-refractivity contribution in [1.82, 2.24) is 9.80 Å². The first-order valence-corrected chi connectivity index (χ1v) is 8.26. The third kappa shape index (κ3) is 8.34. The standard InChI is InChI=1S/C16H32N2O4/c1-5-9-17(10-6-2)13-14(16(20)21)18(11-7-3)12-8-15(19)22-4/h14H,5-13H2,1-4H3,(H,20,21)/t14-/m0/s1. The minimum Gasteiger partial charge on any atom is -0.480 e. The summed E-state index contributed by atoms with van der Waals surface area (Å²) < 4.78 is 4.65. The Morgan fingerprint density at radius 2 is 1.55 bits per heavy atom. The van der Waals surface area contributed by atoms with Gasteiger partial charge in [-0.3, -0.25) is 14.5 Å². The molecule has 0 aromatic carbocycles. The highest BCUT2D eigenvalue weighted by Crippen LogP contribution is 2.08. The van der Waals surface area contributed by atoms with Crippen LogP contribution in [0.1, 0.15) is 46.5 Å². The number of aliphatic carboxylic acids is 1. The van der Waals surface area contributed by atoms with Gasteiger partial charge in [0.1, 0.15) is 6.04 Å². The summed E-state index contributed by atoms with van der Waals surface area (Å²) in [7, 11) is 1.35. The van der Waals surface area contributed by atoms with E-state index in [2.05, 4.69) is 23.5 Å². The number of carbonyl (C=O) groups excluding carboxylic acids is 1. The maximum absolute atomic E-state index is 11.7. The Hall–Kier alpha value is -1.14. The SMILES string of the molecule is CCCN(CCC)C[C@@H](C(=O)O)N(CCC)CCC(=O)OC. The Balaban J connectivity index is 4.86. The van der Waals surface area contributed by atoms with E-state index in [1.165, 1.54) is 7.11 Å². The predicted molar refractivity (Wildman–Crippen MR) is 86.9 cm³/mol. The molecule has 0 heterocycles. The summed E-state index contributed by atoms with van der Waals surface area (Å²) in [6.45, 7) is 9.59. The van der Waals surface area contributed by atoms with Crippen molar-refractivity contribution in [3.63, 3.8) is 0 Å². The van der Waals surface area contributed by atoms with Gasteiger partial charge >= 0.3 is 11.9 Å². The van der Waals surface area contributed by atoms with Crippen LogP contribution in [0, 0.1) is 0 Å². The molecule has 1 atom stereocenters. The van der Waals surface area contributed by atoms with E-state index < -0.39 is 12.0 Å². The molecule has 6 heteroatoms. The molecule has 0 fully saturated rings. The lowest BCUT2D eigenvalue weighted by atomic mass is 10.2. The summed E-state index contributed by atoms with van der Waals surface area (Å²) in [5.74, 6) is -1.13. The Morgan fingerprint density at radius 1 is 1.00 bits per heavy atom. The first kappa shape index (κ1) is 20.9. The number of rotatable bonds is 13. The fourth-order valence-electron chi connectivity index (χ4n) is 2.57. The molecule has 6 nitrogen and oxygen atoms in total. The molecule has 0 aromatic heterocycles. The molecular weight excluding hydrogens is 284 g/mol. The van der Waals surface area contributed by atoms with Gasteiger partial charge in [-0.1, -0.05) is 20.8 Å². The molecule has 0 amide bonds. The summed E-state index contributed by atoms with van der Waals surface area (Å²) in [4.78, 5) is 27.1. The second-order valence-electron chi connectivity index (χ2n) is 5.52. The van der Waals surface area contributed by atoms with Crippen LogP contribution in [0.15, 0.2) is 0 Å². The predicted octanol–water partition coefficient (Wildman–Crippen LogP) is 1.84. The fraction of sp³-hybridized carbons (Fsp3) is 0.875. The van der Waals surface area contributed by atoms with Crippen molar-refractivity contribution in [1.29, 1.82) is 0 Å². The van der Waals surface area contributed by atoms with Crippen LogP contribution in [0.25, 0.3) is 0 Å². The zero-order valence-corrected chi connectivity index (χ0v) is 14.5. The number of nitrogens with zero attached hydrogens (tertiary/aromatic N) is 2. The second kappa shape index (κ2) is 12.4. The van der Waals surface area contributed by atoms with Gasteiger partial charge in [0.05, 0.1) is 13.5 Å². The van der Waals surface area contributed by atoms with E-state index in [9.17, 15) is 14.7 Å². The lowest BCUT2D eigenvalue weighted by Gasteiger charge is -2.32. The topological polar surface area (TPSA) is 70.1 Å². The zero-order valence-electron chi connectivity index (χ0n) is 14.5. The van der Waals surface area contributed by atoms with E-state index >= 15 is 0 Å². The monoisotopic (exact) mass is 316 g/mol. The van der Waals surface area contributed by atoms with Gasteiger partial charge in [-0.05, 0) is 38.9 Å². The average Bonchev–Trinajstić information content (AvgIpc) is 2.49. The fourth-order valence-corrected chi connectivity index (χ4v) is 2.57. The third-order valence-corrected chi connectivity index (χ3v) is 3.58. The van der Waals surface area contributed by atoms with Gasteiger partial charge in [0, 0.05) is 13.1 Å². The van der Waals surface area contributed by atoms with Crippen molar-refractivity contribution in [3.05, 3.63) is 0 Å². The first-order valence-electron chi connectivity index (χ1n) is 8.26. The van der Waals surface area contributed by atoms with Crippen molar-refractivity contribution in [2.75, 3.05) is 39.8 Å². The Kier molecular flexibility index (Phi) is 11.8. The normalized spacial score (nSPS) is 12.6. The molecule has 0 radical (unpaired) electrons. The number of hydrogen-bond donors (Lipinski definition) is 1. The maximum Gasteiger partial charge on any atom is 0.322 e. The van der Waals surface area contributed by atoms with Gasteiger partial charge in [-0.15, -0.1) is 0 Å². The molecule has 0 saturated heterocycles. The van der Waals surface area contributed by atoms with E-state index in [1.54, 1.807) is 0 Å². The number of carbonyl (C=O) groups is 2. The van der Waals surface area contributed by atoms with Crippen LogP contribution in [0.3, 0.4) is 0 Å². The van der Waals surface area contributed by atoms with E-state index in [-0.39, 0.29) is 12.4 Å². The molecule has 0 unspecified atom stereocenters. The molecule has 0 aliphatic rings. The van der Waals surface area contributed by atoms with Crippen molar-refractivity contribution >= 4 is 11.9 Å². The number of hydrogen-bond acceptors (Lipinski definition) is 5. The summed E-state index contributed by atoms with van der Waals surface area (Å²) in [6.07, 6.45) is 3.08. The van der Waals surface area contributed by atoms with Crippen molar-refractivity contribution < 1.29 is 19.4 Å². The zero-order chi connectivity index (χ0) is 17.0. The lowest BCUT2D eigenvalue weighted by molar-refractivity contribution is -0.146. The molecule has 130 valence electrons. The van der Waals surface area contributed by atoms with Crippen LogP contribution < -0.4 is 0 Å². The van der Waals surface area contributed by atoms with Crippen molar-refractivity contribution in [2.24, 2.45) is 0 Å². The quantitative estimate of drug-likeness (QED) is 0.523. The molecule has 0 aliphatic heterocycles. The van der Waals surface area contributed by atoms with E-state index in [4.69, 9.17) is 0 Å². The minimum absolute atomic E-state index is 0.224. The van der Waals surface area contributed by atoms with E-state index in [0.29, 0.717) is 19.6 Å². The Morgan fingerprint density at radius 3 is 1.95 bits per heavy atom. The molecule has 0 bridgehead atoms. The molecule has 0 aliphatic carbocycles. The van der Waals surface area contributed by atoms with E-state index in [1.807, 2.05) is 11.8 Å². The van der Waals surface area contributed by atoms with Crippen LogP contribution in [0.5, 0.6) is 0 Å². The highest BCUT2D eigenvalue weighted by Gasteiger charge is 2.27. The van der Waals surface area contributed by atoms with Crippen LogP contribution in [0.4, 0.5) is 0 Å². The van der Waals surface area contributed by atoms with Crippen LogP contribution in [-0.4, -0.2) is 72.7 Å². The molecule has 0 saturated carbocycles. The van der Waals surface area contributed by atoms with Gasteiger partial charge in [0.2, 0.25) is 0 Å². The van der Waals surface area contributed by atoms with Crippen molar-refractivity contribution in [2.45, 2.75) is 52.5 Å². The molecule has 1 N–H and O–H groups in total. The first-order chi connectivity index (χ1) is 10.5. The van der Waals surface area contributed by atoms with Gasteiger partial charge in [0.15, 0.2) is 0 Å². The molecular formula is C16H32N2O4. The second-order valence-corrected chi connectivity index (χ2v) is 5.52. The smallest absolute Gasteiger partial charge is 0.322 e. The lowest BCUT2D eigenvalue weighted by Crippen LogP contribution is -2.50. The number of ether oxygens (including phenoxy) is 1. The van der Waals surface area contributed by atoms with Crippen LogP contribution >= 0.6 is 0 Å². The number of carboxylic acid groups (broad SMARTS) is 1. The Labute approximate surface area is 134 Å². The average molecular weight is 316 g/mol. The van der Waals surface area contributed by atoms with Gasteiger partial charge in [0.25, 0.3) is 0 Å². The number of methoxy groups -OCH3 is 1. The van der Waals surface area contributed by atoms with E-state index in [0.717, 1.165) is 32.4 Å². The summed E-state index contributed by atoms with van der Waals surface area (Å²) in [6, 6.07) is -0.581. The summed E-state index contributed by atoms with van der Waals surface area (Å²) in [5, 5.41) is 9.59. The molecule has 22 heavy (non-hydrogen) atoms. The van der Waals surface area contributed by atoms with Crippen LogP contribution in [0.2, 0.25) is 0 Å². The number of carboxylic acids is 1. The summed E-state index contributed by atoms with van der Waals surface area (Å²) in [5.41, 5.74) is 0. The minimum atomic E-state index is -0.824. The van der Waals surface area contributed by atoms with Crippen LogP contribution in [-0.2, 0) is 14.3 Å². The third-order valence-electron chi connectivity index (χ3n) is 3.58. The van der Waals surface area contributed by atoms with Gasteiger partial charge in [-0.25, -0.2) is 0 Å². The summed E-state index contributed by atoms with van der Waals surface area (Å²) >= 11 is 0. The molecule has 0 spiro atoms. The highest BCUT2D eigenvalue weighted by atomic mass is 16.5. The Bertz CT molecular complexity index is 317. The van der Waals surface area contributed by atoms with Gasteiger partial charge < -0.3 is 14.7 Å². The van der Waals surface area contributed by atoms with Crippen molar-refractivity contribution in [3.8, 4) is 0 Å². The molecule has 0 rings (SSSR count). The number of esters is 1. The molecule has 0 aromatic rings. The largest absolute Gasteiger partial charge is 0.480 e. The highest BCUT2D eigenvalue weighted by molar-refractivity contribution is 5.74. The maximum atomic E-state index is 11.7.